The van der Waals surface area contributed by atoms with Gasteiger partial charge >= 0.3 is 0 Å². The number of hydrogen-bond acceptors (Lipinski definition) is 3. The van der Waals surface area contributed by atoms with Gasteiger partial charge in [0, 0.05) is 19.6 Å². The zero-order chi connectivity index (χ0) is 11.4. The first-order chi connectivity index (χ1) is 6.31. The molecule has 1 atom stereocenters. The van der Waals surface area contributed by atoms with Crippen molar-refractivity contribution in [2.45, 2.75) is 26.8 Å². The van der Waals surface area contributed by atoms with Gasteiger partial charge in [-0.25, -0.2) is 4.72 Å². The summed E-state index contributed by atoms with van der Waals surface area (Å²) in [6, 6.07) is 1.87. The van der Waals surface area contributed by atoms with Crippen molar-refractivity contribution in [3.63, 3.8) is 0 Å². The van der Waals surface area contributed by atoms with E-state index in [4.69, 9.17) is 5.26 Å². The van der Waals surface area contributed by atoms with Crippen molar-refractivity contribution in [2.24, 2.45) is 5.92 Å². The summed E-state index contributed by atoms with van der Waals surface area (Å²) in [7, 11) is -1.93. The van der Waals surface area contributed by atoms with Crippen LogP contribution in [-0.2, 0) is 10.2 Å². The van der Waals surface area contributed by atoms with Crippen LogP contribution < -0.4 is 4.72 Å². The zero-order valence-electron chi connectivity index (χ0n) is 8.98. The lowest BCUT2D eigenvalue weighted by Crippen LogP contribution is -2.43. The first kappa shape index (κ1) is 13.4. The maximum Gasteiger partial charge on any atom is 0.279 e. The molecule has 14 heavy (non-hydrogen) atoms. The van der Waals surface area contributed by atoms with Crippen molar-refractivity contribution in [2.75, 3.05) is 13.6 Å². The third-order valence-corrected chi connectivity index (χ3v) is 3.61. The topological polar surface area (TPSA) is 73.2 Å². The summed E-state index contributed by atoms with van der Waals surface area (Å²) in [4.78, 5) is 0. The Labute approximate surface area is 85.9 Å². The van der Waals surface area contributed by atoms with E-state index < -0.39 is 10.2 Å². The number of nitriles is 1. The molecule has 6 heteroatoms. The Morgan fingerprint density at radius 1 is 1.43 bits per heavy atom. The molecule has 0 unspecified atom stereocenters. The summed E-state index contributed by atoms with van der Waals surface area (Å²) in [5.74, 6) is -0.315. The third-order valence-electron chi connectivity index (χ3n) is 1.90. The Balaban J connectivity index is 4.31. The molecule has 0 saturated carbocycles. The second-order valence-electron chi connectivity index (χ2n) is 3.49. The highest BCUT2D eigenvalue weighted by Crippen LogP contribution is 2.01. The number of nitrogens with one attached hydrogen (secondary N) is 1. The van der Waals surface area contributed by atoms with Gasteiger partial charge in [-0.05, 0) is 20.8 Å². The fourth-order valence-corrected chi connectivity index (χ4v) is 1.87. The van der Waals surface area contributed by atoms with Gasteiger partial charge in [-0.15, -0.1) is 0 Å². The normalized spacial score (nSPS) is 14.4. The van der Waals surface area contributed by atoms with Crippen LogP contribution in [0.3, 0.4) is 0 Å². The van der Waals surface area contributed by atoms with Crippen molar-refractivity contribution in [1.29, 1.82) is 5.26 Å². The highest BCUT2D eigenvalue weighted by atomic mass is 32.2. The molecule has 0 fully saturated rings. The minimum Gasteiger partial charge on any atom is -0.201 e. The maximum absolute atomic E-state index is 11.5. The van der Waals surface area contributed by atoms with E-state index in [0.29, 0.717) is 0 Å². The van der Waals surface area contributed by atoms with Crippen molar-refractivity contribution < 1.29 is 8.42 Å². The smallest absolute Gasteiger partial charge is 0.201 e. The third kappa shape index (κ3) is 4.05. The molecule has 0 aromatic rings. The average molecular weight is 219 g/mol. The van der Waals surface area contributed by atoms with Crippen LogP contribution in [0.1, 0.15) is 20.8 Å². The standard InChI is InChI=1S/C8H17N3O2S/c1-7(2)11(4)14(12,13)10-6-8(3)5-9/h7-8,10H,6H2,1-4H3/t8-/m1/s1. The molecule has 0 aromatic heterocycles. The number of nitrogens with zero attached hydrogens (tertiary/aromatic N) is 2. The first-order valence-electron chi connectivity index (χ1n) is 4.43. The Morgan fingerprint density at radius 2 is 1.93 bits per heavy atom. The summed E-state index contributed by atoms with van der Waals surface area (Å²) in [5.41, 5.74) is 0. The summed E-state index contributed by atoms with van der Waals surface area (Å²) in [6.07, 6.45) is 0. The fraction of sp³-hybridized carbons (Fsp3) is 0.875. The zero-order valence-corrected chi connectivity index (χ0v) is 9.80. The first-order valence-corrected chi connectivity index (χ1v) is 5.87. The van der Waals surface area contributed by atoms with E-state index in [1.54, 1.807) is 20.8 Å². The molecule has 82 valence electrons. The van der Waals surface area contributed by atoms with Gasteiger partial charge in [0.15, 0.2) is 0 Å². The molecule has 0 spiro atoms. The molecule has 0 amide bonds. The molecule has 0 aliphatic carbocycles. The van der Waals surface area contributed by atoms with Gasteiger partial charge in [-0.2, -0.15) is 18.0 Å². The predicted molar refractivity (Wildman–Crippen MR) is 54.6 cm³/mol. The average Bonchev–Trinajstić information content (AvgIpc) is 2.12. The van der Waals surface area contributed by atoms with Gasteiger partial charge in [-0.1, -0.05) is 0 Å². The van der Waals surface area contributed by atoms with Gasteiger partial charge in [0.05, 0.1) is 12.0 Å². The van der Waals surface area contributed by atoms with Crippen molar-refractivity contribution in [1.82, 2.24) is 9.03 Å². The Hall–Kier alpha value is -0.640. The number of hydrogen-bond donors (Lipinski definition) is 1. The van der Waals surface area contributed by atoms with E-state index in [2.05, 4.69) is 4.72 Å². The largest absolute Gasteiger partial charge is 0.279 e. The van der Waals surface area contributed by atoms with E-state index in [9.17, 15) is 8.42 Å². The van der Waals surface area contributed by atoms with Crippen LogP contribution in [0.25, 0.3) is 0 Å². The maximum atomic E-state index is 11.5. The molecular weight excluding hydrogens is 202 g/mol. The fourth-order valence-electron chi connectivity index (χ4n) is 0.655. The highest BCUT2D eigenvalue weighted by Gasteiger charge is 2.20. The van der Waals surface area contributed by atoms with Crippen LogP contribution in [-0.4, -0.2) is 32.4 Å². The molecule has 0 aromatic carbocycles. The lowest BCUT2D eigenvalue weighted by atomic mass is 10.2. The molecule has 1 N–H and O–H groups in total. The van der Waals surface area contributed by atoms with E-state index >= 15 is 0 Å². The van der Waals surface area contributed by atoms with Crippen molar-refractivity contribution in [3.8, 4) is 6.07 Å². The van der Waals surface area contributed by atoms with Crippen LogP contribution in [0.4, 0.5) is 0 Å². The molecule has 0 heterocycles. The van der Waals surface area contributed by atoms with Crippen LogP contribution in [0.15, 0.2) is 0 Å². The summed E-state index contributed by atoms with van der Waals surface area (Å²) in [5, 5.41) is 8.48. The lowest BCUT2D eigenvalue weighted by molar-refractivity contribution is 0.401. The summed E-state index contributed by atoms with van der Waals surface area (Å²) in [6.45, 7) is 5.38. The molecule has 0 saturated heterocycles. The van der Waals surface area contributed by atoms with Crippen LogP contribution in [0, 0.1) is 17.2 Å². The minimum absolute atomic E-state index is 0.0927. The number of rotatable bonds is 5. The van der Waals surface area contributed by atoms with Gasteiger partial charge in [0.25, 0.3) is 10.2 Å². The van der Waals surface area contributed by atoms with E-state index in [1.807, 2.05) is 6.07 Å². The van der Waals surface area contributed by atoms with Crippen LogP contribution >= 0.6 is 0 Å². The molecule has 0 rings (SSSR count). The van der Waals surface area contributed by atoms with E-state index in [0.717, 1.165) is 0 Å². The highest BCUT2D eigenvalue weighted by molar-refractivity contribution is 7.87. The van der Waals surface area contributed by atoms with Crippen LogP contribution in [0.2, 0.25) is 0 Å². The molecule has 0 aliphatic rings. The van der Waals surface area contributed by atoms with Gasteiger partial charge in [0.2, 0.25) is 0 Å². The Kier molecular flexibility index (Phi) is 5.05. The van der Waals surface area contributed by atoms with Gasteiger partial charge in [0.1, 0.15) is 0 Å². The molecule has 0 radical (unpaired) electrons. The van der Waals surface area contributed by atoms with Crippen LogP contribution in [0.5, 0.6) is 0 Å². The SMILES string of the molecule is CC(C)N(C)S(=O)(=O)NC[C@H](C)C#N. The Morgan fingerprint density at radius 3 is 2.29 bits per heavy atom. The predicted octanol–water partition coefficient (Wildman–Crippen LogP) is 0.321. The van der Waals surface area contributed by atoms with Crippen molar-refractivity contribution in [3.05, 3.63) is 0 Å². The Bertz CT molecular complexity index is 305. The lowest BCUT2D eigenvalue weighted by Gasteiger charge is -2.21. The molecule has 0 aliphatic heterocycles. The molecule has 0 bridgehead atoms. The van der Waals surface area contributed by atoms with Crippen molar-refractivity contribution >= 4 is 10.2 Å². The molecule has 5 nitrogen and oxygen atoms in total. The second-order valence-corrected chi connectivity index (χ2v) is 5.31. The monoisotopic (exact) mass is 219 g/mol. The second kappa shape index (κ2) is 5.29. The van der Waals surface area contributed by atoms with Gasteiger partial charge in [-0.3, -0.25) is 0 Å². The van der Waals surface area contributed by atoms with E-state index in [-0.39, 0.29) is 18.5 Å². The minimum atomic E-state index is -3.43. The molecular formula is C8H17N3O2S. The quantitative estimate of drug-likeness (QED) is 0.723. The summed E-state index contributed by atoms with van der Waals surface area (Å²) < 4.78 is 26.6. The summed E-state index contributed by atoms with van der Waals surface area (Å²) >= 11 is 0. The van der Waals surface area contributed by atoms with E-state index in [1.165, 1.54) is 11.4 Å². The van der Waals surface area contributed by atoms with Gasteiger partial charge < -0.3 is 0 Å².